The first-order chi connectivity index (χ1) is 9.51. The molecule has 0 aliphatic heterocycles. The van der Waals surface area contributed by atoms with E-state index in [4.69, 9.17) is 19.5 Å². The number of nitriles is 1. The molecule has 0 aliphatic carbocycles. The summed E-state index contributed by atoms with van der Waals surface area (Å²) in [5.74, 6) is -1.33. The highest BCUT2D eigenvalue weighted by molar-refractivity contribution is 5.84. The van der Waals surface area contributed by atoms with E-state index >= 15 is 0 Å². The van der Waals surface area contributed by atoms with Crippen molar-refractivity contribution in [1.29, 1.82) is 5.26 Å². The maximum Gasteiger partial charge on any atom is 0.371 e. The Morgan fingerprint density at radius 2 is 2.25 bits per heavy atom. The van der Waals surface area contributed by atoms with Gasteiger partial charge in [0.25, 0.3) is 0 Å². The molecule has 2 aromatic rings. The van der Waals surface area contributed by atoms with Crippen LogP contribution in [-0.4, -0.2) is 11.1 Å². The molecule has 0 atom stereocenters. The largest absolute Gasteiger partial charge is 0.489 e. The molecule has 0 saturated carbocycles. The first-order valence-corrected chi connectivity index (χ1v) is 5.66. The molecule has 0 saturated heterocycles. The highest BCUT2D eigenvalue weighted by Gasteiger charge is 2.13. The normalized spacial score (nSPS) is 10.1. The smallest absolute Gasteiger partial charge is 0.371 e. The molecule has 102 valence electrons. The van der Waals surface area contributed by atoms with Gasteiger partial charge in [0.05, 0.1) is 5.56 Å². The van der Waals surface area contributed by atoms with Gasteiger partial charge >= 0.3 is 5.97 Å². The molecule has 0 fully saturated rings. The van der Waals surface area contributed by atoms with Gasteiger partial charge in [-0.1, -0.05) is 0 Å². The molecule has 1 N–H and O–H groups in total. The zero-order chi connectivity index (χ0) is 14.7. The van der Waals surface area contributed by atoms with Crippen LogP contribution in [0.1, 0.15) is 27.4 Å². The summed E-state index contributed by atoms with van der Waals surface area (Å²) >= 11 is 0. The second kappa shape index (κ2) is 5.45. The van der Waals surface area contributed by atoms with Crippen molar-refractivity contribution in [3.63, 3.8) is 0 Å². The Bertz CT molecular complexity index is 700. The fraction of sp³-hybridized carbons (Fsp3) is 0.143. The zero-order valence-electron chi connectivity index (χ0n) is 10.5. The number of hydrogen-bond acceptors (Lipinski definition) is 4. The van der Waals surface area contributed by atoms with Gasteiger partial charge in [0.2, 0.25) is 5.76 Å². The summed E-state index contributed by atoms with van der Waals surface area (Å²) < 4.78 is 23.7. The molecule has 1 aromatic carbocycles. The molecule has 0 bridgehead atoms. The minimum absolute atomic E-state index is 0.0496. The lowest BCUT2D eigenvalue weighted by atomic mass is 10.2. The van der Waals surface area contributed by atoms with Gasteiger partial charge in [0.15, 0.2) is 0 Å². The second-order valence-electron chi connectivity index (χ2n) is 4.04. The second-order valence-corrected chi connectivity index (χ2v) is 4.04. The monoisotopic (exact) mass is 275 g/mol. The average molecular weight is 275 g/mol. The molecule has 0 spiro atoms. The van der Waals surface area contributed by atoms with Crippen molar-refractivity contribution in [3.8, 4) is 11.8 Å². The minimum Gasteiger partial charge on any atom is -0.489 e. The van der Waals surface area contributed by atoms with Crippen molar-refractivity contribution in [2.24, 2.45) is 0 Å². The number of aromatic carboxylic acids is 1. The van der Waals surface area contributed by atoms with Gasteiger partial charge in [-0.25, -0.2) is 9.18 Å². The third kappa shape index (κ3) is 2.78. The van der Waals surface area contributed by atoms with Crippen molar-refractivity contribution in [2.45, 2.75) is 13.5 Å². The summed E-state index contributed by atoms with van der Waals surface area (Å²) in [5.41, 5.74) is 0.497. The van der Waals surface area contributed by atoms with E-state index in [1.165, 1.54) is 18.2 Å². The Balaban J connectivity index is 2.11. The van der Waals surface area contributed by atoms with E-state index in [-0.39, 0.29) is 23.7 Å². The van der Waals surface area contributed by atoms with E-state index in [1.807, 2.05) is 0 Å². The Hall–Kier alpha value is -2.81. The van der Waals surface area contributed by atoms with Crippen LogP contribution in [0.4, 0.5) is 4.39 Å². The molecule has 0 unspecified atom stereocenters. The fourth-order valence-electron chi connectivity index (χ4n) is 1.61. The number of halogens is 1. The third-order valence-electron chi connectivity index (χ3n) is 2.69. The van der Waals surface area contributed by atoms with Gasteiger partial charge in [-0.2, -0.15) is 5.26 Å². The predicted molar refractivity (Wildman–Crippen MR) is 65.9 cm³/mol. The number of ether oxygens (including phenoxy) is 1. The quantitative estimate of drug-likeness (QED) is 0.927. The van der Waals surface area contributed by atoms with Crippen LogP contribution in [0, 0.1) is 24.1 Å². The van der Waals surface area contributed by atoms with Crippen molar-refractivity contribution in [2.75, 3.05) is 0 Å². The zero-order valence-corrected chi connectivity index (χ0v) is 10.5. The number of hydrogen-bond donors (Lipinski definition) is 1. The van der Waals surface area contributed by atoms with Gasteiger partial charge < -0.3 is 14.3 Å². The minimum atomic E-state index is -1.16. The Kier molecular flexibility index (Phi) is 3.71. The maximum atomic E-state index is 13.4. The summed E-state index contributed by atoms with van der Waals surface area (Å²) in [6.07, 6.45) is 0. The number of rotatable bonds is 4. The summed E-state index contributed by atoms with van der Waals surface area (Å²) in [6.45, 7) is 1.67. The van der Waals surface area contributed by atoms with Gasteiger partial charge in [-0.15, -0.1) is 0 Å². The molecule has 0 aliphatic rings. The molecular weight excluding hydrogens is 265 g/mol. The topological polar surface area (TPSA) is 83.5 Å². The number of carboxylic acids is 1. The number of carboxylic acid groups (broad SMARTS) is 1. The van der Waals surface area contributed by atoms with Crippen LogP contribution >= 0.6 is 0 Å². The van der Waals surface area contributed by atoms with Gasteiger partial charge in [0, 0.05) is 11.6 Å². The van der Waals surface area contributed by atoms with E-state index in [0.29, 0.717) is 11.3 Å². The van der Waals surface area contributed by atoms with Crippen molar-refractivity contribution in [3.05, 3.63) is 52.7 Å². The van der Waals surface area contributed by atoms with Crippen LogP contribution in [0.3, 0.4) is 0 Å². The number of nitrogens with zero attached hydrogens (tertiary/aromatic N) is 1. The lowest BCUT2D eigenvalue weighted by Gasteiger charge is -2.05. The van der Waals surface area contributed by atoms with Gasteiger partial charge in [-0.05, 0) is 25.1 Å². The lowest BCUT2D eigenvalue weighted by Crippen LogP contribution is -1.97. The van der Waals surface area contributed by atoms with E-state index in [1.54, 1.807) is 13.0 Å². The molecule has 0 amide bonds. The SMILES string of the molecule is Cc1oc(C(=O)O)cc1COc1ccc(C#N)c(F)c1. The summed E-state index contributed by atoms with van der Waals surface area (Å²) in [7, 11) is 0. The Morgan fingerprint density at radius 3 is 2.80 bits per heavy atom. The van der Waals surface area contributed by atoms with E-state index in [9.17, 15) is 9.18 Å². The first-order valence-electron chi connectivity index (χ1n) is 5.66. The lowest BCUT2D eigenvalue weighted by molar-refractivity contribution is 0.0661. The standard InChI is InChI=1S/C14H10FNO4/c1-8-10(4-13(20-8)14(17)18)7-19-11-3-2-9(6-16)12(15)5-11/h2-5H,7H2,1H3,(H,17,18). The molecule has 2 rings (SSSR count). The summed E-state index contributed by atoms with van der Waals surface area (Å²) in [5, 5.41) is 17.4. The van der Waals surface area contributed by atoms with Crippen LogP contribution in [0.2, 0.25) is 0 Å². The highest BCUT2D eigenvalue weighted by Crippen LogP contribution is 2.20. The van der Waals surface area contributed by atoms with Crippen LogP contribution in [-0.2, 0) is 6.61 Å². The number of carbonyl (C=O) groups is 1. The molecular formula is C14H10FNO4. The van der Waals surface area contributed by atoms with Gasteiger partial charge in [0.1, 0.15) is 30.0 Å². The molecule has 6 heteroatoms. The van der Waals surface area contributed by atoms with Crippen molar-refractivity contribution in [1.82, 2.24) is 0 Å². The number of aryl methyl sites for hydroxylation is 1. The molecule has 5 nitrogen and oxygen atoms in total. The third-order valence-corrected chi connectivity index (χ3v) is 2.69. The van der Waals surface area contributed by atoms with E-state index < -0.39 is 11.8 Å². The first kappa shape index (κ1) is 13.6. The predicted octanol–water partition coefficient (Wildman–Crippen LogP) is 2.88. The van der Waals surface area contributed by atoms with Crippen LogP contribution in [0.25, 0.3) is 0 Å². The van der Waals surface area contributed by atoms with Crippen LogP contribution in [0.5, 0.6) is 5.75 Å². The fourth-order valence-corrected chi connectivity index (χ4v) is 1.61. The maximum absolute atomic E-state index is 13.4. The van der Waals surface area contributed by atoms with Crippen molar-refractivity contribution < 1.29 is 23.4 Å². The summed E-state index contributed by atoms with van der Waals surface area (Å²) in [4.78, 5) is 10.7. The van der Waals surface area contributed by atoms with Crippen LogP contribution in [0.15, 0.2) is 28.7 Å². The van der Waals surface area contributed by atoms with Gasteiger partial charge in [-0.3, -0.25) is 0 Å². The Morgan fingerprint density at radius 1 is 1.50 bits per heavy atom. The molecule has 0 radical (unpaired) electrons. The average Bonchev–Trinajstić information content (AvgIpc) is 2.78. The molecule has 1 aromatic heterocycles. The number of benzene rings is 1. The number of furan rings is 1. The van der Waals surface area contributed by atoms with Crippen molar-refractivity contribution >= 4 is 5.97 Å². The summed E-state index contributed by atoms with van der Waals surface area (Å²) in [6, 6.07) is 6.95. The highest BCUT2D eigenvalue weighted by atomic mass is 19.1. The molecule has 20 heavy (non-hydrogen) atoms. The Labute approximate surface area is 113 Å². The molecule has 1 heterocycles. The van der Waals surface area contributed by atoms with E-state index in [2.05, 4.69) is 0 Å². The van der Waals surface area contributed by atoms with E-state index in [0.717, 1.165) is 6.07 Å². The van der Waals surface area contributed by atoms with Crippen LogP contribution < -0.4 is 4.74 Å².